The molecular formula is C6H4Br2N2S. The maximum atomic E-state index is 3.41. The number of anilines is 1. The van der Waals surface area contributed by atoms with Gasteiger partial charge in [0.15, 0.2) is 0 Å². The van der Waals surface area contributed by atoms with Crippen molar-refractivity contribution in [2.75, 3.05) is 5.43 Å². The van der Waals surface area contributed by atoms with Crippen LogP contribution in [0.5, 0.6) is 0 Å². The Balaban J connectivity index is 2.43. The van der Waals surface area contributed by atoms with Crippen LogP contribution < -0.4 is 5.43 Å². The van der Waals surface area contributed by atoms with Crippen molar-refractivity contribution in [3.63, 3.8) is 0 Å². The van der Waals surface area contributed by atoms with Crippen LogP contribution >= 0.6 is 44.0 Å². The first-order valence-electron chi connectivity index (χ1n) is 2.96. The lowest BCUT2D eigenvalue weighted by molar-refractivity contribution is 0.965. The average Bonchev–Trinajstić information content (AvgIpc) is 2.27. The van der Waals surface area contributed by atoms with Crippen LogP contribution in [0.25, 0.3) is 0 Å². The molecule has 0 amide bonds. The molecule has 11 heavy (non-hydrogen) atoms. The van der Waals surface area contributed by atoms with Gasteiger partial charge in [-0.1, -0.05) is 19.4 Å². The van der Waals surface area contributed by atoms with E-state index in [1.807, 2.05) is 12.1 Å². The van der Waals surface area contributed by atoms with Gasteiger partial charge in [0.05, 0.1) is 10.6 Å². The second kappa shape index (κ2) is 2.97. The minimum atomic E-state index is 1.10. The monoisotopic (exact) mass is 294 g/mol. The predicted octanol–water partition coefficient (Wildman–Crippen LogP) is 3.41. The SMILES string of the molecule is Brc1ccc2c(c1)SN(Br)N2. The molecule has 1 aliphatic rings. The van der Waals surface area contributed by atoms with E-state index in [1.165, 1.54) is 4.90 Å². The molecule has 0 aromatic heterocycles. The van der Waals surface area contributed by atoms with Crippen molar-refractivity contribution in [2.45, 2.75) is 4.90 Å². The van der Waals surface area contributed by atoms with Crippen LogP contribution in [0.1, 0.15) is 0 Å². The lowest BCUT2D eigenvalue weighted by Gasteiger charge is -2.00. The van der Waals surface area contributed by atoms with Gasteiger partial charge in [-0.3, -0.25) is 5.43 Å². The molecule has 1 aromatic carbocycles. The van der Waals surface area contributed by atoms with Gasteiger partial charge in [-0.15, -0.1) is 0 Å². The predicted molar refractivity (Wildman–Crippen MR) is 54.4 cm³/mol. The van der Waals surface area contributed by atoms with Gasteiger partial charge in [0, 0.05) is 20.6 Å². The summed E-state index contributed by atoms with van der Waals surface area (Å²) in [6.07, 6.45) is 0. The molecule has 0 saturated carbocycles. The Kier molecular flexibility index (Phi) is 2.14. The number of benzene rings is 1. The summed E-state index contributed by atoms with van der Waals surface area (Å²) in [5.41, 5.74) is 4.25. The summed E-state index contributed by atoms with van der Waals surface area (Å²) in [5.74, 6) is 0. The van der Waals surface area contributed by atoms with Crippen molar-refractivity contribution in [1.29, 1.82) is 0 Å². The van der Waals surface area contributed by atoms with Gasteiger partial charge < -0.3 is 0 Å². The molecule has 1 N–H and O–H groups in total. The normalized spacial score (nSPS) is 16.2. The van der Waals surface area contributed by atoms with Crippen LogP contribution in [-0.2, 0) is 0 Å². The Morgan fingerprint density at radius 3 is 3.09 bits per heavy atom. The molecular weight excluding hydrogens is 292 g/mol. The third-order valence-corrected chi connectivity index (χ3v) is 3.22. The number of nitrogens with zero attached hydrogens (tertiary/aromatic N) is 1. The highest BCUT2D eigenvalue weighted by atomic mass is 79.9. The van der Waals surface area contributed by atoms with Crippen molar-refractivity contribution in [1.82, 2.24) is 3.44 Å². The molecule has 0 fully saturated rings. The van der Waals surface area contributed by atoms with Crippen LogP contribution in [0.2, 0.25) is 0 Å². The first-order chi connectivity index (χ1) is 5.25. The largest absolute Gasteiger partial charge is 0.298 e. The first kappa shape index (κ1) is 7.91. The van der Waals surface area contributed by atoms with E-state index in [4.69, 9.17) is 0 Å². The molecule has 2 rings (SSSR count). The maximum Gasteiger partial charge on any atom is 0.0659 e. The molecule has 2 nitrogen and oxygen atoms in total. The Hall–Kier alpha value is 0.290. The molecule has 1 aliphatic heterocycles. The van der Waals surface area contributed by atoms with E-state index in [0.29, 0.717) is 0 Å². The van der Waals surface area contributed by atoms with Crippen LogP contribution in [0.3, 0.4) is 0 Å². The summed E-state index contributed by atoms with van der Waals surface area (Å²) >= 11 is 8.34. The van der Waals surface area contributed by atoms with Gasteiger partial charge >= 0.3 is 0 Å². The highest BCUT2D eigenvalue weighted by molar-refractivity contribution is 9.10. The standard InChI is InChI=1S/C6H4Br2N2S/c7-4-1-2-5-6(3-4)11-10(8)9-5/h1-3,9H. The molecule has 0 spiro atoms. The highest BCUT2D eigenvalue weighted by Gasteiger charge is 2.16. The summed E-state index contributed by atoms with van der Waals surface area (Å²) < 4.78 is 2.90. The number of nitrogens with one attached hydrogen (secondary N) is 1. The van der Waals surface area contributed by atoms with E-state index in [9.17, 15) is 0 Å². The lowest BCUT2D eigenvalue weighted by Crippen LogP contribution is -2.02. The fourth-order valence-electron chi connectivity index (χ4n) is 0.868. The number of hydrogen-bond acceptors (Lipinski definition) is 3. The van der Waals surface area contributed by atoms with Crippen molar-refractivity contribution < 1.29 is 0 Å². The van der Waals surface area contributed by atoms with E-state index in [2.05, 4.69) is 43.6 Å². The number of fused-ring (bicyclic) bond motifs is 1. The third-order valence-electron chi connectivity index (χ3n) is 1.33. The molecule has 0 atom stereocenters. The fourth-order valence-corrected chi connectivity index (χ4v) is 2.75. The van der Waals surface area contributed by atoms with E-state index in [-0.39, 0.29) is 0 Å². The number of halogens is 2. The van der Waals surface area contributed by atoms with Crippen molar-refractivity contribution >= 4 is 49.7 Å². The van der Waals surface area contributed by atoms with Gasteiger partial charge in [0.25, 0.3) is 0 Å². The van der Waals surface area contributed by atoms with E-state index >= 15 is 0 Å². The molecule has 0 saturated heterocycles. The second-order valence-electron chi connectivity index (χ2n) is 2.09. The zero-order valence-electron chi connectivity index (χ0n) is 5.34. The first-order valence-corrected chi connectivity index (χ1v) is 5.23. The Morgan fingerprint density at radius 1 is 1.45 bits per heavy atom. The van der Waals surface area contributed by atoms with E-state index < -0.39 is 0 Å². The van der Waals surface area contributed by atoms with Gasteiger partial charge in [0.2, 0.25) is 0 Å². The van der Waals surface area contributed by atoms with Crippen molar-refractivity contribution in [3.8, 4) is 0 Å². The van der Waals surface area contributed by atoms with Crippen molar-refractivity contribution in [3.05, 3.63) is 22.7 Å². The number of hydrazine groups is 1. The summed E-state index contributed by atoms with van der Waals surface area (Å²) in [5, 5.41) is 0. The van der Waals surface area contributed by atoms with E-state index in [0.717, 1.165) is 10.2 Å². The molecule has 58 valence electrons. The zero-order valence-corrected chi connectivity index (χ0v) is 9.33. The van der Waals surface area contributed by atoms with Gasteiger partial charge in [0.1, 0.15) is 0 Å². The van der Waals surface area contributed by atoms with Gasteiger partial charge in [-0.25, -0.2) is 0 Å². The average molecular weight is 296 g/mol. The van der Waals surface area contributed by atoms with Crippen LogP contribution in [0.4, 0.5) is 5.69 Å². The van der Waals surface area contributed by atoms with E-state index in [1.54, 1.807) is 15.4 Å². The summed E-state index contributed by atoms with van der Waals surface area (Å²) in [6, 6.07) is 6.13. The molecule has 0 radical (unpaired) electrons. The lowest BCUT2D eigenvalue weighted by atomic mass is 10.3. The number of hydrogen-bond donors (Lipinski definition) is 1. The quantitative estimate of drug-likeness (QED) is 0.583. The maximum absolute atomic E-state index is 3.41. The number of rotatable bonds is 0. The summed E-state index contributed by atoms with van der Waals surface area (Å²) in [6.45, 7) is 0. The summed E-state index contributed by atoms with van der Waals surface area (Å²) in [4.78, 5) is 1.22. The zero-order chi connectivity index (χ0) is 7.84. The minimum absolute atomic E-state index is 1.10. The molecule has 1 aromatic rings. The molecule has 1 heterocycles. The fraction of sp³-hybridized carbons (Fsp3) is 0. The Labute approximate surface area is 85.9 Å². The van der Waals surface area contributed by atoms with Crippen molar-refractivity contribution in [2.24, 2.45) is 0 Å². The molecule has 5 heteroatoms. The van der Waals surface area contributed by atoms with Gasteiger partial charge in [-0.05, 0) is 30.1 Å². The highest BCUT2D eigenvalue weighted by Crippen LogP contribution is 2.40. The molecule has 0 aliphatic carbocycles. The third kappa shape index (κ3) is 1.56. The van der Waals surface area contributed by atoms with Gasteiger partial charge in [-0.2, -0.15) is 0 Å². The smallest absolute Gasteiger partial charge is 0.0659 e. The molecule has 0 bridgehead atoms. The minimum Gasteiger partial charge on any atom is -0.298 e. The van der Waals surface area contributed by atoms with Crippen LogP contribution in [-0.4, -0.2) is 3.44 Å². The van der Waals surface area contributed by atoms with Crippen LogP contribution in [0, 0.1) is 0 Å². The topological polar surface area (TPSA) is 15.3 Å². The van der Waals surface area contributed by atoms with Crippen LogP contribution in [0.15, 0.2) is 27.6 Å². The second-order valence-corrected chi connectivity index (χ2v) is 5.17. The molecule has 0 unspecified atom stereocenters. The Bertz CT molecular complexity index is 292. The summed E-state index contributed by atoms with van der Waals surface area (Å²) in [7, 11) is 0. The Morgan fingerprint density at radius 2 is 2.27 bits per heavy atom.